The Balaban J connectivity index is 1.75. The van der Waals surface area contributed by atoms with Crippen molar-refractivity contribution in [3.05, 3.63) is 76.1 Å². The molecule has 0 aliphatic carbocycles. The standard InChI is InChI=1S/C25H29F2N5O3/c1-16(30-24(34)19-6-7-28-21(12-19)25(4,26)27)15-29-18(3)17(2)20-13-22(31(5)23(33)14-20)32-8-10-35-11-9-32/h6-7,12-15H,2,8-11H2,1,3-5H3,(H,30,34)/b16-15+,29-18?. The molecule has 0 unspecified atom stereocenters. The molecular weight excluding hydrogens is 456 g/mol. The van der Waals surface area contributed by atoms with Crippen LogP contribution in [0.2, 0.25) is 0 Å². The first-order valence-electron chi connectivity index (χ1n) is 11.1. The van der Waals surface area contributed by atoms with Crippen LogP contribution in [-0.4, -0.2) is 47.5 Å². The van der Waals surface area contributed by atoms with Gasteiger partial charge in [0.25, 0.3) is 17.4 Å². The monoisotopic (exact) mass is 485 g/mol. The van der Waals surface area contributed by atoms with Crippen LogP contribution in [0.3, 0.4) is 0 Å². The highest BCUT2D eigenvalue weighted by Gasteiger charge is 2.27. The van der Waals surface area contributed by atoms with Gasteiger partial charge in [-0.1, -0.05) is 6.58 Å². The highest BCUT2D eigenvalue weighted by molar-refractivity contribution is 6.22. The lowest BCUT2D eigenvalue weighted by Crippen LogP contribution is -2.39. The van der Waals surface area contributed by atoms with Gasteiger partial charge in [0, 0.05) is 62.5 Å². The number of pyridine rings is 2. The molecule has 8 nitrogen and oxygen atoms in total. The lowest BCUT2D eigenvalue weighted by atomic mass is 10.0. The van der Waals surface area contributed by atoms with Gasteiger partial charge >= 0.3 is 0 Å². The third kappa shape index (κ3) is 6.48. The molecule has 0 aromatic carbocycles. The van der Waals surface area contributed by atoms with Gasteiger partial charge < -0.3 is 15.0 Å². The van der Waals surface area contributed by atoms with Crippen molar-refractivity contribution < 1.29 is 18.3 Å². The summed E-state index contributed by atoms with van der Waals surface area (Å²) in [5.74, 6) is -2.93. The van der Waals surface area contributed by atoms with Crippen LogP contribution in [0.4, 0.5) is 14.6 Å². The van der Waals surface area contributed by atoms with Crippen molar-refractivity contribution in [1.82, 2.24) is 14.9 Å². The Morgan fingerprint density at radius 1 is 1.23 bits per heavy atom. The maximum atomic E-state index is 13.5. The molecule has 3 heterocycles. The number of anilines is 1. The molecule has 1 aliphatic rings. The van der Waals surface area contributed by atoms with E-state index in [0.717, 1.165) is 18.8 Å². The first-order valence-corrected chi connectivity index (χ1v) is 11.1. The van der Waals surface area contributed by atoms with Gasteiger partial charge in [-0.25, -0.2) is 0 Å². The third-order valence-corrected chi connectivity index (χ3v) is 5.59. The van der Waals surface area contributed by atoms with Gasteiger partial charge in [0.15, 0.2) is 0 Å². The van der Waals surface area contributed by atoms with E-state index in [1.807, 2.05) is 6.07 Å². The summed E-state index contributed by atoms with van der Waals surface area (Å²) in [6.45, 7) is 10.7. The number of amides is 1. The molecule has 0 saturated carbocycles. The summed E-state index contributed by atoms with van der Waals surface area (Å²) < 4.78 is 34.0. The second-order valence-corrected chi connectivity index (χ2v) is 8.38. The molecule has 2 aromatic rings. The summed E-state index contributed by atoms with van der Waals surface area (Å²) >= 11 is 0. The molecular formula is C25H29F2N5O3. The zero-order valence-electron chi connectivity index (χ0n) is 20.3. The molecule has 1 fully saturated rings. The van der Waals surface area contributed by atoms with Crippen molar-refractivity contribution in [1.29, 1.82) is 0 Å². The lowest BCUT2D eigenvalue weighted by Gasteiger charge is -2.30. The van der Waals surface area contributed by atoms with Crippen LogP contribution in [0.1, 0.15) is 42.4 Å². The van der Waals surface area contributed by atoms with E-state index in [-0.39, 0.29) is 11.1 Å². The number of hydrogen-bond donors (Lipinski definition) is 1. The molecule has 1 aliphatic heterocycles. The molecule has 1 saturated heterocycles. The highest BCUT2D eigenvalue weighted by atomic mass is 19.3. The van der Waals surface area contributed by atoms with Crippen LogP contribution in [0, 0.1) is 0 Å². The fourth-order valence-electron chi connectivity index (χ4n) is 3.47. The van der Waals surface area contributed by atoms with Gasteiger partial charge in [0.05, 0.1) is 13.2 Å². The van der Waals surface area contributed by atoms with E-state index in [2.05, 4.69) is 26.8 Å². The number of halogens is 2. The number of rotatable bonds is 7. The number of carbonyl (C=O) groups excluding carboxylic acids is 1. The smallest absolute Gasteiger partial charge is 0.286 e. The zero-order chi connectivity index (χ0) is 25.8. The first kappa shape index (κ1) is 26.0. The van der Waals surface area contributed by atoms with Crippen LogP contribution >= 0.6 is 0 Å². The van der Waals surface area contributed by atoms with Crippen molar-refractivity contribution in [3.8, 4) is 0 Å². The quantitative estimate of drug-likeness (QED) is 0.607. The van der Waals surface area contributed by atoms with E-state index < -0.39 is 17.5 Å². The number of nitrogens with one attached hydrogen (secondary N) is 1. The number of hydrogen-bond acceptors (Lipinski definition) is 6. The Hall–Kier alpha value is -3.66. The third-order valence-electron chi connectivity index (χ3n) is 5.59. The number of alkyl halides is 2. The Kier molecular flexibility index (Phi) is 7.96. The molecule has 1 amide bonds. The number of aliphatic imine (C=N–C) groups is 1. The average Bonchev–Trinajstić information content (AvgIpc) is 2.83. The van der Waals surface area contributed by atoms with Crippen LogP contribution in [0.15, 0.2) is 58.7 Å². The van der Waals surface area contributed by atoms with Crippen molar-refractivity contribution in [2.75, 3.05) is 31.2 Å². The maximum absolute atomic E-state index is 13.5. The lowest BCUT2D eigenvalue weighted by molar-refractivity contribution is 0.0127. The highest BCUT2D eigenvalue weighted by Crippen LogP contribution is 2.25. The van der Waals surface area contributed by atoms with Crippen molar-refractivity contribution in [2.24, 2.45) is 12.0 Å². The number of carbonyl (C=O) groups is 1. The zero-order valence-corrected chi connectivity index (χ0v) is 20.3. The second-order valence-electron chi connectivity index (χ2n) is 8.38. The molecule has 0 spiro atoms. The summed E-state index contributed by atoms with van der Waals surface area (Å²) in [6.07, 6.45) is 2.61. The number of ether oxygens (including phenoxy) is 1. The largest absolute Gasteiger partial charge is 0.378 e. The summed E-state index contributed by atoms with van der Waals surface area (Å²) in [4.78, 5) is 35.1. The van der Waals surface area contributed by atoms with Crippen LogP contribution in [-0.2, 0) is 17.7 Å². The minimum absolute atomic E-state index is 0.0603. The van der Waals surface area contributed by atoms with Crippen LogP contribution in [0.25, 0.3) is 5.57 Å². The summed E-state index contributed by atoms with van der Waals surface area (Å²) in [5.41, 5.74) is 1.59. The SMILES string of the molecule is C=C(C(C)=N/C=C(\C)NC(=O)c1ccnc(C(C)(F)F)c1)c1cc(N2CCOCC2)n(C)c(=O)c1. The van der Waals surface area contributed by atoms with E-state index in [0.29, 0.717) is 48.8 Å². The number of morpholine rings is 1. The molecule has 0 bridgehead atoms. The van der Waals surface area contributed by atoms with E-state index in [1.54, 1.807) is 25.5 Å². The molecule has 0 atom stereocenters. The predicted molar refractivity (Wildman–Crippen MR) is 132 cm³/mol. The number of nitrogens with zero attached hydrogens (tertiary/aromatic N) is 4. The molecule has 10 heteroatoms. The van der Waals surface area contributed by atoms with E-state index in [1.165, 1.54) is 24.5 Å². The predicted octanol–water partition coefficient (Wildman–Crippen LogP) is 3.49. The normalized spacial score (nSPS) is 15.2. The summed E-state index contributed by atoms with van der Waals surface area (Å²) in [6, 6.07) is 5.82. The molecule has 0 radical (unpaired) electrons. The average molecular weight is 486 g/mol. The van der Waals surface area contributed by atoms with Crippen molar-refractivity contribution >= 4 is 23.0 Å². The van der Waals surface area contributed by atoms with Gasteiger partial charge in [-0.2, -0.15) is 8.78 Å². The maximum Gasteiger partial charge on any atom is 0.286 e. The topological polar surface area (TPSA) is 88.8 Å². The number of allylic oxidation sites excluding steroid dienone is 2. The molecule has 3 rings (SSSR count). The van der Waals surface area contributed by atoms with Gasteiger partial charge in [0.1, 0.15) is 11.5 Å². The van der Waals surface area contributed by atoms with E-state index in [9.17, 15) is 18.4 Å². The molecule has 186 valence electrons. The second kappa shape index (κ2) is 10.7. The molecule has 35 heavy (non-hydrogen) atoms. The molecule has 2 aromatic heterocycles. The summed E-state index contributed by atoms with van der Waals surface area (Å²) in [7, 11) is 1.72. The minimum atomic E-state index is -3.15. The van der Waals surface area contributed by atoms with E-state index >= 15 is 0 Å². The van der Waals surface area contributed by atoms with E-state index in [4.69, 9.17) is 4.74 Å². The fraction of sp³-hybridized carbons (Fsp3) is 0.360. The van der Waals surface area contributed by atoms with Gasteiger partial charge in [0.2, 0.25) is 0 Å². The van der Waals surface area contributed by atoms with Crippen molar-refractivity contribution in [2.45, 2.75) is 26.7 Å². The Morgan fingerprint density at radius 3 is 2.57 bits per heavy atom. The Morgan fingerprint density at radius 2 is 1.91 bits per heavy atom. The van der Waals surface area contributed by atoms with Crippen molar-refractivity contribution in [3.63, 3.8) is 0 Å². The van der Waals surface area contributed by atoms with Crippen LogP contribution in [0.5, 0.6) is 0 Å². The van der Waals surface area contributed by atoms with Gasteiger partial charge in [-0.3, -0.25) is 24.1 Å². The fourth-order valence-corrected chi connectivity index (χ4v) is 3.47. The Bertz CT molecular complexity index is 1240. The summed E-state index contributed by atoms with van der Waals surface area (Å²) in [5, 5.41) is 2.62. The van der Waals surface area contributed by atoms with Gasteiger partial charge in [-0.05, 0) is 43.2 Å². The van der Waals surface area contributed by atoms with Crippen LogP contribution < -0.4 is 15.8 Å². The molecule has 1 N–H and O–H groups in total. The van der Waals surface area contributed by atoms with Gasteiger partial charge in [-0.15, -0.1) is 0 Å². The Labute approximate surface area is 202 Å². The first-order chi connectivity index (χ1) is 16.5. The minimum Gasteiger partial charge on any atom is -0.378 e. The number of aromatic nitrogens is 2.